The first-order chi connectivity index (χ1) is 13.7. The van der Waals surface area contributed by atoms with Crippen LogP contribution in [0.25, 0.3) is 15.2 Å². The second-order valence-electron chi connectivity index (χ2n) is 6.27. The maximum atomic E-state index is 12.6. The molecule has 4 aromatic rings. The Hall–Kier alpha value is -2.82. The summed E-state index contributed by atoms with van der Waals surface area (Å²) in [6, 6.07) is 5.54. The molecule has 1 aromatic carbocycles. The quantitative estimate of drug-likeness (QED) is 0.555. The zero-order valence-corrected chi connectivity index (χ0v) is 16.3. The first-order valence-electron chi connectivity index (χ1n) is 8.68. The summed E-state index contributed by atoms with van der Waals surface area (Å²) in [6.07, 6.45) is 2.94. The van der Waals surface area contributed by atoms with Crippen LogP contribution < -0.4 is 15.8 Å². The number of ether oxygens (including phenoxy) is 1. The maximum Gasteiger partial charge on any atom is 0.271 e. The maximum absolute atomic E-state index is 12.6. The van der Waals surface area contributed by atoms with Gasteiger partial charge in [-0.2, -0.15) is 0 Å². The lowest BCUT2D eigenvalue weighted by Gasteiger charge is -2.25. The van der Waals surface area contributed by atoms with Crippen molar-refractivity contribution in [3.63, 3.8) is 0 Å². The highest BCUT2D eigenvalue weighted by molar-refractivity contribution is 7.22. The molecule has 1 aliphatic heterocycles. The Bertz CT molecular complexity index is 1240. The molecule has 5 rings (SSSR count). The van der Waals surface area contributed by atoms with Gasteiger partial charge in [0.1, 0.15) is 5.56 Å². The molecule has 142 valence electrons. The molecule has 1 N–H and O–H groups in total. The number of fused-ring (bicyclic) bond motifs is 2. The van der Waals surface area contributed by atoms with Gasteiger partial charge in [-0.1, -0.05) is 11.3 Å². The molecule has 8 nitrogen and oxygen atoms in total. The molecule has 1 aliphatic rings. The number of carbonyl (C=O) groups is 1. The number of aromatic nitrogens is 3. The molecule has 1 saturated heterocycles. The average molecular weight is 413 g/mol. The third-order valence-corrected chi connectivity index (χ3v) is 6.35. The van der Waals surface area contributed by atoms with Crippen LogP contribution in [0, 0.1) is 0 Å². The van der Waals surface area contributed by atoms with Crippen LogP contribution in [0.15, 0.2) is 40.8 Å². The van der Waals surface area contributed by atoms with Gasteiger partial charge in [0.05, 0.1) is 23.4 Å². The standard InChI is InChI=1S/C18H15N5O3S2/c24-15(12-10-19-17-23(16(12)25)5-8-27-17)20-11-1-2-13-14(9-11)28-18(21-13)22-3-6-26-7-4-22/h1-2,5,8-10H,3-4,6-7H2,(H,20,24). The molecule has 0 saturated carbocycles. The van der Waals surface area contributed by atoms with E-state index in [0.717, 1.165) is 28.4 Å². The van der Waals surface area contributed by atoms with E-state index in [-0.39, 0.29) is 11.1 Å². The minimum Gasteiger partial charge on any atom is -0.378 e. The van der Waals surface area contributed by atoms with Gasteiger partial charge in [0, 0.05) is 36.6 Å². The van der Waals surface area contributed by atoms with Crippen LogP contribution in [0.4, 0.5) is 10.8 Å². The summed E-state index contributed by atoms with van der Waals surface area (Å²) in [5.41, 5.74) is 1.13. The molecule has 1 fully saturated rings. The number of morpholine rings is 1. The summed E-state index contributed by atoms with van der Waals surface area (Å²) >= 11 is 2.92. The Kier molecular flexibility index (Phi) is 4.30. The number of rotatable bonds is 3. The monoisotopic (exact) mass is 413 g/mol. The lowest BCUT2D eigenvalue weighted by Crippen LogP contribution is -2.36. The highest BCUT2D eigenvalue weighted by atomic mass is 32.1. The number of nitrogens with one attached hydrogen (secondary N) is 1. The second kappa shape index (κ2) is 6.97. The predicted molar refractivity (Wildman–Crippen MR) is 110 cm³/mol. The molecule has 0 spiro atoms. The van der Waals surface area contributed by atoms with Gasteiger partial charge in [-0.3, -0.25) is 14.0 Å². The molecule has 3 aromatic heterocycles. The Morgan fingerprint density at radius 3 is 2.96 bits per heavy atom. The topological polar surface area (TPSA) is 88.8 Å². The largest absolute Gasteiger partial charge is 0.378 e. The van der Waals surface area contributed by atoms with Gasteiger partial charge in [0.2, 0.25) is 0 Å². The molecule has 0 radical (unpaired) electrons. The number of amides is 1. The summed E-state index contributed by atoms with van der Waals surface area (Å²) in [5, 5.41) is 5.50. The first-order valence-corrected chi connectivity index (χ1v) is 10.4. The summed E-state index contributed by atoms with van der Waals surface area (Å²) in [5.74, 6) is -0.477. The molecule has 4 heterocycles. The van der Waals surface area contributed by atoms with Crippen molar-refractivity contribution in [2.45, 2.75) is 0 Å². The summed E-state index contributed by atoms with van der Waals surface area (Å²) in [7, 11) is 0. The molecule has 0 bridgehead atoms. The van der Waals surface area contributed by atoms with E-state index in [1.165, 1.54) is 21.9 Å². The highest BCUT2D eigenvalue weighted by Gasteiger charge is 2.17. The summed E-state index contributed by atoms with van der Waals surface area (Å²) < 4.78 is 7.74. The van der Waals surface area contributed by atoms with Crippen LogP contribution in [0.5, 0.6) is 0 Å². The lowest BCUT2D eigenvalue weighted by atomic mass is 10.2. The van der Waals surface area contributed by atoms with Crippen molar-refractivity contribution < 1.29 is 9.53 Å². The molecular weight excluding hydrogens is 398 g/mol. The van der Waals surface area contributed by atoms with E-state index in [1.54, 1.807) is 29.0 Å². The van der Waals surface area contributed by atoms with Crippen LogP contribution in [0.1, 0.15) is 10.4 Å². The predicted octanol–water partition coefficient (Wildman–Crippen LogP) is 2.45. The van der Waals surface area contributed by atoms with Crippen LogP contribution in [0.2, 0.25) is 0 Å². The van der Waals surface area contributed by atoms with Gasteiger partial charge in [-0.15, -0.1) is 11.3 Å². The number of anilines is 2. The Morgan fingerprint density at radius 2 is 2.11 bits per heavy atom. The van der Waals surface area contributed by atoms with E-state index in [1.807, 2.05) is 12.1 Å². The van der Waals surface area contributed by atoms with Crippen molar-refractivity contribution in [2.75, 3.05) is 36.5 Å². The van der Waals surface area contributed by atoms with Crippen molar-refractivity contribution in [3.05, 3.63) is 51.9 Å². The average Bonchev–Trinajstić information content (AvgIpc) is 3.35. The molecule has 0 atom stereocenters. The fraction of sp³-hybridized carbons (Fsp3) is 0.222. The Labute approximate surface area is 167 Å². The van der Waals surface area contributed by atoms with Crippen LogP contribution >= 0.6 is 22.7 Å². The number of nitrogens with zero attached hydrogens (tertiary/aromatic N) is 4. The summed E-state index contributed by atoms with van der Waals surface area (Å²) in [6.45, 7) is 3.06. The molecule has 10 heteroatoms. The van der Waals surface area contributed by atoms with Gasteiger partial charge in [0.15, 0.2) is 10.1 Å². The number of thiazole rings is 2. The van der Waals surface area contributed by atoms with Crippen LogP contribution in [-0.2, 0) is 4.74 Å². The third kappa shape index (κ3) is 3.05. The SMILES string of the molecule is O=C(Nc1ccc2nc(N3CCOCC3)sc2c1)c1cnc2sccn2c1=O. The number of hydrogen-bond acceptors (Lipinski definition) is 8. The second-order valence-corrected chi connectivity index (χ2v) is 8.15. The van der Waals surface area contributed by atoms with E-state index in [9.17, 15) is 9.59 Å². The van der Waals surface area contributed by atoms with Crippen LogP contribution in [0.3, 0.4) is 0 Å². The van der Waals surface area contributed by atoms with Gasteiger partial charge < -0.3 is 15.0 Å². The Balaban J connectivity index is 1.41. The zero-order chi connectivity index (χ0) is 19.1. The van der Waals surface area contributed by atoms with E-state index < -0.39 is 5.91 Å². The van der Waals surface area contributed by atoms with E-state index >= 15 is 0 Å². The van der Waals surface area contributed by atoms with Crippen molar-refractivity contribution in [2.24, 2.45) is 0 Å². The summed E-state index contributed by atoms with van der Waals surface area (Å²) in [4.78, 5) is 36.7. The van der Waals surface area contributed by atoms with E-state index in [2.05, 4.69) is 20.2 Å². The molecule has 0 aliphatic carbocycles. The lowest BCUT2D eigenvalue weighted by molar-refractivity contribution is 0.102. The highest BCUT2D eigenvalue weighted by Crippen LogP contribution is 2.31. The fourth-order valence-electron chi connectivity index (χ4n) is 3.06. The molecular formula is C18H15N5O3S2. The Morgan fingerprint density at radius 1 is 1.25 bits per heavy atom. The van der Waals surface area contributed by atoms with Gasteiger partial charge >= 0.3 is 0 Å². The van der Waals surface area contributed by atoms with E-state index in [4.69, 9.17) is 4.74 Å². The minimum absolute atomic E-state index is 0.00862. The van der Waals surface area contributed by atoms with Crippen molar-refractivity contribution >= 4 is 54.6 Å². The number of carbonyl (C=O) groups excluding carboxylic acids is 1. The number of hydrogen-bond donors (Lipinski definition) is 1. The van der Waals surface area contributed by atoms with Crippen molar-refractivity contribution in [1.29, 1.82) is 0 Å². The molecule has 0 unspecified atom stereocenters. The molecule has 1 amide bonds. The van der Waals surface area contributed by atoms with Gasteiger partial charge in [-0.05, 0) is 18.2 Å². The van der Waals surface area contributed by atoms with E-state index in [0.29, 0.717) is 23.9 Å². The fourth-order valence-corrected chi connectivity index (χ4v) is 4.79. The first kappa shape index (κ1) is 17.3. The van der Waals surface area contributed by atoms with Crippen molar-refractivity contribution in [3.8, 4) is 0 Å². The normalized spacial score (nSPS) is 14.6. The van der Waals surface area contributed by atoms with Gasteiger partial charge in [-0.25, -0.2) is 9.97 Å². The number of benzene rings is 1. The minimum atomic E-state index is -0.477. The zero-order valence-electron chi connectivity index (χ0n) is 14.6. The van der Waals surface area contributed by atoms with Crippen molar-refractivity contribution in [1.82, 2.24) is 14.4 Å². The third-order valence-electron chi connectivity index (χ3n) is 4.50. The smallest absolute Gasteiger partial charge is 0.271 e. The molecule has 28 heavy (non-hydrogen) atoms. The van der Waals surface area contributed by atoms with Crippen LogP contribution in [-0.4, -0.2) is 46.6 Å². The van der Waals surface area contributed by atoms with Gasteiger partial charge in [0.25, 0.3) is 11.5 Å².